The second kappa shape index (κ2) is 8.12. The van der Waals surface area contributed by atoms with Crippen molar-refractivity contribution < 1.29 is 5.11 Å². The van der Waals surface area contributed by atoms with Crippen molar-refractivity contribution in [1.82, 2.24) is 9.66 Å². The quantitative estimate of drug-likeness (QED) is 0.457. The molecule has 1 heterocycles. The highest BCUT2D eigenvalue weighted by Gasteiger charge is 2.15. The second-order valence-corrected chi connectivity index (χ2v) is 8.31. The highest BCUT2D eigenvalue weighted by molar-refractivity contribution is 9.10. The number of benzene rings is 2. The van der Waals surface area contributed by atoms with Crippen LogP contribution in [-0.4, -0.2) is 21.0 Å². The maximum absolute atomic E-state index is 13.0. The first-order valence-corrected chi connectivity index (χ1v) is 10.2. The third-order valence-corrected chi connectivity index (χ3v) is 5.63. The van der Waals surface area contributed by atoms with Gasteiger partial charge in [0.15, 0.2) is 0 Å². The normalized spacial score (nSPS) is 12.8. The van der Waals surface area contributed by atoms with E-state index in [0.717, 1.165) is 10.9 Å². The molecule has 0 aliphatic heterocycles. The summed E-state index contributed by atoms with van der Waals surface area (Å²) in [5, 5.41) is 14.8. The van der Waals surface area contributed by atoms with Gasteiger partial charge in [0, 0.05) is 10.4 Å². The summed E-state index contributed by atoms with van der Waals surface area (Å²) in [5.41, 5.74) is 1.04. The molecule has 0 fully saturated rings. The minimum Gasteiger partial charge on any atom is -0.505 e. The third kappa shape index (κ3) is 4.10. The molecule has 5 nitrogen and oxygen atoms in total. The highest BCUT2D eigenvalue weighted by atomic mass is 79.9. The molecule has 0 radical (unpaired) electrons. The minimum absolute atomic E-state index is 0.0384. The number of phenolic OH excluding ortho intramolecular Hbond substituents is 1. The van der Waals surface area contributed by atoms with E-state index in [1.807, 2.05) is 26.0 Å². The van der Waals surface area contributed by atoms with Crippen LogP contribution in [-0.2, 0) is 0 Å². The molecule has 0 aliphatic carbocycles. The predicted octanol–water partition coefficient (Wildman–Crippen LogP) is 5.68. The summed E-state index contributed by atoms with van der Waals surface area (Å²) in [4.78, 5) is 17.7. The monoisotopic (exact) mass is 511 g/mol. The standard InChI is InChI=1S/C19H16Br2ClN3O2/c1-3-10(2)18-24-16-5-4-12(20)8-13(16)19(27)25(18)23-9-11-6-14(21)17(26)15(22)7-11/h4-10,26H,3H2,1-2H3/t10-/m1/s1. The summed E-state index contributed by atoms with van der Waals surface area (Å²) < 4.78 is 2.58. The van der Waals surface area contributed by atoms with Gasteiger partial charge in [0.1, 0.15) is 11.6 Å². The van der Waals surface area contributed by atoms with E-state index in [4.69, 9.17) is 11.6 Å². The van der Waals surface area contributed by atoms with E-state index in [1.165, 1.54) is 10.9 Å². The molecule has 8 heteroatoms. The molecule has 0 aliphatic rings. The molecule has 3 aromatic rings. The van der Waals surface area contributed by atoms with Crippen molar-refractivity contribution in [3.05, 3.63) is 66.0 Å². The van der Waals surface area contributed by atoms with Gasteiger partial charge in [0.25, 0.3) is 5.56 Å². The second-order valence-electron chi connectivity index (χ2n) is 6.14. The first-order chi connectivity index (χ1) is 12.8. The molecule has 0 saturated carbocycles. The summed E-state index contributed by atoms with van der Waals surface area (Å²) in [7, 11) is 0. The van der Waals surface area contributed by atoms with Crippen LogP contribution in [0.4, 0.5) is 0 Å². The maximum Gasteiger partial charge on any atom is 0.282 e. The molecule has 1 N–H and O–H groups in total. The minimum atomic E-state index is -0.239. The van der Waals surface area contributed by atoms with Gasteiger partial charge in [0.05, 0.1) is 26.6 Å². The van der Waals surface area contributed by atoms with Gasteiger partial charge >= 0.3 is 0 Å². The van der Waals surface area contributed by atoms with Gasteiger partial charge < -0.3 is 5.11 Å². The first kappa shape index (κ1) is 20.0. The summed E-state index contributed by atoms with van der Waals surface area (Å²) in [5.74, 6) is 0.610. The summed E-state index contributed by atoms with van der Waals surface area (Å²) in [6.45, 7) is 4.04. The van der Waals surface area contributed by atoms with Crippen molar-refractivity contribution in [2.75, 3.05) is 0 Å². The number of fused-ring (bicyclic) bond motifs is 1. The van der Waals surface area contributed by atoms with Crippen molar-refractivity contribution in [3.8, 4) is 5.75 Å². The van der Waals surface area contributed by atoms with E-state index in [9.17, 15) is 9.90 Å². The molecule has 1 atom stereocenters. The largest absolute Gasteiger partial charge is 0.505 e. The van der Waals surface area contributed by atoms with Crippen LogP contribution in [0.3, 0.4) is 0 Å². The molecule has 27 heavy (non-hydrogen) atoms. The molecule has 0 bridgehead atoms. The van der Waals surface area contributed by atoms with Crippen molar-refractivity contribution in [1.29, 1.82) is 0 Å². The van der Waals surface area contributed by atoms with Gasteiger partial charge in [0.2, 0.25) is 0 Å². The van der Waals surface area contributed by atoms with Crippen molar-refractivity contribution in [3.63, 3.8) is 0 Å². The first-order valence-electron chi connectivity index (χ1n) is 8.26. The molecule has 0 saturated heterocycles. The number of aromatic nitrogens is 2. The van der Waals surface area contributed by atoms with E-state index in [1.54, 1.807) is 18.2 Å². The fraction of sp³-hybridized carbons (Fsp3) is 0.211. The van der Waals surface area contributed by atoms with Crippen LogP contribution in [0.5, 0.6) is 5.75 Å². The number of aromatic hydroxyl groups is 1. The zero-order chi connectivity index (χ0) is 19.7. The predicted molar refractivity (Wildman–Crippen MR) is 116 cm³/mol. The average molecular weight is 514 g/mol. The number of phenols is 1. The topological polar surface area (TPSA) is 67.5 Å². The Bertz CT molecular complexity index is 1090. The fourth-order valence-corrected chi connectivity index (χ4v) is 3.74. The number of halogens is 3. The van der Waals surface area contributed by atoms with Gasteiger partial charge in [-0.3, -0.25) is 4.79 Å². The van der Waals surface area contributed by atoms with E-state index in [2.05, 4.69) is 41.9 Å². The van der Waals surface area contributed by atoms with Crippen molar-refractivity contribution >= 4 is 60.6 Å². The zero-order valence-corrected chi connectivity index (χ0v) is 18.5. The Hall–Kier alpha value is -1.70. The van der Waals surface area contributed by atoms with Gasteiger partial charge in [-0.1, -0.05) is 41.4 Å². The van der Waals surface area contributed by atoms with Crippen LogP contribution in [0.1, 0.15) is 37.6 Å². The molecule has 1 aromatic heterocycles. The summed E-state index contributed by atoms with van der Waals surface area (Å²) >= 11 is 12.6. The number of nitrogens with zero attached hydrogens (tertiary/aromatic N) is 3. The Morgan fingerprint density at radius 2 is 2.07 bits per heavy atom. The van der Waals surface area contributed by atoms with Crippen LogP contribution < -0.4 is 5.56 Å². The van der Waals surface area contributed by atoms with E-state index >= 15 is 0 Å². The molecule has 140 valence electrons. The van der Waals surface area contributed by atoms with E-state index in [0.29, 0.717) is 26.8 Å². The number of rotatable bonds is 4. The third-order valence-electron chi connectivity index (χ3n) is 4.25. The highest BCUT2D eigenvalue weighted by Crippen LogP contribution is 2.32. The number of hydrogen-bond acceptors (Lipinski definition) is 4. The van der Waals surface area contributed by atoms with Gasteiger partial charge in [-0.25, -0.2) is 4.98 Å². The lowest BCUT2D eigenvalue weighted by molar-refractivity contribution is 0.472. The maximum atomic E-state index is 13.0. The lowest BCUT2D eigenvalue weighted by atomic mass is 10.1. The molecule has 0 amide bonds. The fourth-order valence-electron chi connectivity index (χ4n) is 2.56. The SMILES string of the molecule is CC[C@@H](C)c1nc2ccc(Br)cc2c(=O)n1N=Cc1cc(Cl)c(O)c(Br)c1. The van der Waals surface area contributed by atoms with E-state index < -0.39 is 0 Å². The van der Waals surface area contributed by atoms with Crippen molar-refractivity contribution in [2.45, 2.75) is 26.2 Å². The van der Waals surface area contributed by atoms with Crippen LogP contribution in [0.2, 0.25) is 5.02 Å². The molecular formula is C19H16Br2ClN3O2. The molecule has 0 spiro atoms. The Balaban J connectivity index is 2.19. The van der Waals surface area contributed by atoms with Gasteiger partial charge in [-0.05, 0) is 58.2 Å². The molecule has 2 aromatic carbocycles. The Labute approximate surface area is 178 Å². The van der Waals surface area contributed by atoms with Gasteiger partial charge in [-0.15, -0.1) is 0 Å². The average Bonchev–Trinajstić information content (AvgIpc) is 2.64. The Morgan fingerprint density at radius 1 is 1.33 bits per heavy atom. The summed E-state index contributed by atoms with van der Waals surface area (Å²) in [6.07, 6.45) is 2.34. The molecule has 3 rings (SSSR count). The lowest BCUT2D eigenvalue weighted by Crippen LogP contribution is -2.23. The van der Waals surface area contributed by atoms with E-state index in [-0.39, 0.29) is 22.2 Å². The van der Waals surface area contributed by atoms with Crippen LogP contribution in [0.15, 0.2) is 49.2 Å². The van der Waals surface area contributed by atoms with Crippen molar-refractivity contribution in [2.24, 2.45) is 5.10 Å². The summed E-state index contributed by atoms with van der Waals surface area (Å²) in [6, 6.07) is 8.66. The molecule has 0 unspecified atom stereocenters. The zero-order valence-electron chi connectivity index (χ0n) is 14.6. The lowest BCUT2D eigenvalue weighted by Gasteiger charge is -2.14. The number of hydrogen-bond donors (Lipinski definition) is 1. The Kier molecular flexibility index (Phi) is 6.03. The van der Waals surface area contributed by atoms with Gasteiger partial charge in [-0.2, -0.15) is 9.78 Å². The Morgan fingerprint density at radius 3 is 2.74 bits per heavy atom. The van der Waals surface area contributed by atoms with Crippen LogP contribution in [0, 0.1) is 0 Å². The molecular weight excluding hydrogens is 497 g/mol. The van der Waals surface area contributed by atoms with Crippen LogP contribution in [0.25, 0.3) is 10.9 Å². The smallest absolute Gasteiger partial charge is 0.282 e. The van der Waals surface area contributed by atoms with Crippen LogP contribution >= 0.6 is 43.5 Å².